The summed E-state index contributed by atoms with van der Waals surface area (Å²) in [6, 6.07) is 19.0. The van der Waals surface area contributed by atoms with Gasteiger partial charge in [-0.25, -0.2) is 4.39 Å². The smallest absolute Gasteiger partial charge is 0.261 e. The average Bonchev–Trinajstić information content (AvgIpc) is 3.42. The second kappa shape index (κ2) is 10.0. The first-order chi connectivity index (χ1) is 16.6. The van der Waals surface area contributed by atoms with E-state index in [1.807, 2.05) is 19.2 Å². The van der Waals surface area contributed by atoms with Crippen molar-refractivity contribution in [3.05, 3.63) is 76.9 Å². The van der Waals surface area contributed by atoms with Crippen LogP contribution in [0.5, 0.6) is 0 Å². The molecule has 1 amide bonds. The second-order valence-corrected chi connectivity index (χ2v) is 9.67. The van der Waals surface area contributed by atoms with E-state index >= 15 is 0 Å². The topological polar surface area (TPSA) is 53.4 Å². The zero-order chi connectivity index (χ0) is 23.5. The Morgan fingerprint density at radius 3 is 2.50 bits per heavy atom. The number of hydrogen-bond acceptors (Lipinski definition) is 5. The quantitative estimate of drug-likeness (QED) is 0.437. The molecule has 1 aliphatic heterocycles. The standard InChI is InChI=1S/C26H28FN5OS/c1-30-26-21(24(29-30)20-9-5-6-10-22(20)27)17-23(34-26)25(33)28-11-12-31-13-15-32(16-14-31)18-19-7-3-2-4-8-19/h2-10,17H,11-16,18H2,1H3,(H,28,33). The monoisotopic (exact) mass is 477 g/mol. The van der Waals surface area contributed by atoms with Gasteiger partial charge in [-0.2, -0.15) is 5.10 Å². The summed E-state index contributed by atoms with van der Waals surface area (Å²) in [5.74, 6) is -0.410. The third kappa shape index (κ3) is 4.89. The number of piperazine rings is 1. The van der Waals surface area contributed by atoms with Crippen LogP contribution in [-0.2, 0) is 13.6 Å². The highest BCUT2D eigenvalue weighted by molar-refractivity contribution is 7.20. The number of aryl methyl sites for hydroxylation is 1. The van der Waals surface area contributed by atoms with E-state index in [0.29, 0.717) is 22.7 Å². The van der Waals surface area contributed by atoms with E-state index in [0.717, 1.165) is 49.5 Å². The Morgan fingerprint density at radius 2 is 1.74 bits per heavy atom. The number of carbonyl (C=O) groups excluding carboxylic acids is 1. The molecular formula is C26H28FN5OS. The summed E-state index contributed by atoms with van der Waals surface area (Å²) in [5.41, 5.74) is 2.36. The minimum absolute atomic E-state index is 0.0941. The van der Waals surface area contributed by atoms with E-state index in [1.54, 1.807) is 22.9 Å². The van der Waals surface area contributed by atoms with Gasteiger partial charge in [0.15, 0.2) is 0 Å². The number of aromatic nitrogens is 2. The van der Waals surface area contributed by atoms with E-state index < -0.39 is 0 Å². The Kier molecular flexibility index (Phi) is 6.71. The lowest BCUT2D eigenvalue weighted by Crippen LogP contribution is -2.48. The number of nitrogens with one attached hydrogen (secondary N) is 1. The lowest BCUT2D eigenvalue weighted by Gasteiger charge is -2.34. The first kappa shape index (κ1) is 22.7. The Balaban J connectivity index is 1.15. The van der Waals surface area contributed by atoms with Crippen molar-refractivity contribution in [1.29, 1.82) is 0 Å². The molecule has 2 aromatic carbocycles. The first-order valence-electron chi connectivity index (χ1n) is 11.6. The van der Waals surface area contributed by atoms with Crippen LogP contribution in [0.25, 0.3) is 21.5 Å². The summed E-state index contributed by atoms with van der Waals surface area (Å²) in [6.45, 7) is 6.49. The highest BCUT2D eigenvalue weighted by Crippen LogP contribution is 2.34. The van der Waals surface area contributed by atoms with E-state index in [-0.39, 0.29) is 11.7 Å². The molecule has 34 heavy (non-hydrogen) atoms. The van der Waals surface area contributed by atoms with Crippen molar-refractivity contribution in [3.63, 3.8) is 0 Å². The lowest BCUT2D eigenvalue weighted by atomic mass is 10.1. The van der Waals surface area contributed by atoms with Crippen LogP contribution >= 0.6 is 11.3 Å². The fourth-order valence-corrected chi connectivity index (χ4v) is 5.42. The maximum atomic E-state index is 14.3. The number of rotatable bonds is 7. The zero-order valence-electron chi connectivity index (χ0n) is 19.2. The number of halogens is 1. The predicted molar refractivity (Wildman–Crippen MR) is 134 cm³/mol. The van der Waals surface area contributed by atoms with Gasteiger partial charge in [0.1, 0.15) is 16.3 Å². The zero-order valence-corrected chi connectivity index (χ0v) is 20.0. The largest absolute Gasteiger partial charge is 0.350 e. The molecule has 8 heteroatoms. The highest BCUT2D eigenvalue weighted by atomic mass is 32.1. The van der Waals surface area contributed by atoms with Gasteiger partial charge >= 0.3 is 0 Å². The number of benzene rings is 2. The summed E-state index contributed by atoms with van der Waals surface area (Å²) in [5, 5.41) is 8.34. The van der Waals surface area contributed by atoms with Crippen LogP contribution < -0.4 is 5.32 Å². The summed E-state index contributed by atoms with van der Waals surface area (Å²) in [6.07, 6.45) is 0. The molecule has 0 aliphatic carbocycles. The van der Waals surface area contributed by atoms with E-state index in [1.165, 1.54) is 23.0 Å². The summed E-state index contributed by atoms with van der Waals surface area (Å²) < 4.78 is 16.0. The van der Waals surface area contributed by atoms with E-state index in [9.17, 15) is 9.18 Å². The Labute approximate surface area is 202 Å². The van der Waals surface area contributed by atoms with Gasteiger partial charge in [0.05, 0.1) is 4.88 Å². The van der Waals surface area contributed by atoms with Crippen molar-refractivity contribution < 1.29 is 9.18 Å². The fourth-order valence-electron chi connectivity index (χ4n) is 4.43. The fraction of sp³-hybridized carbons (Fsp3) is 0.308. The van der Waals surface area contributed by atoms with Gasteiger partial charge < -0.3 is 5.32 Å². The third-order valence-corrected chi connectivity index (χ3v) is 7.49. The molecule has 0 radical (unpaired) electrons. The molecule has 6 nitrogen and oxygen atoms in total. The second-order valence-electron chi connectivity index (χ2n) is 8.64. The van der Waals surface area contributed by atoms with Crippen LogP contribution in [0.3, 0.4) is 0 Å². The SMILES string of the molecule is Cn1nc(-c2ccccc2F)c2cc(C(=O)NCCN3CCN(Cc4ccccc4)CC3)sc21. The Morgan fingerprint density at radius 1 is 1.03 bits per heavy atom. The van der Waals surface area contributed by atoms with Crippen molar-refractivity contribution in [2.45, 2.75) is 6.54 Å². The molecule has 0 saturated carbocycles. The molecule has 4 aromatic rings. The molecule has 0 unspecified atom stereocenters. The highest BCUT2D eigenvalue weighted by Gasteiger charge is 2.20. The molecule has 5 rings (SSSR count). The van der Waals surface area contributed by atoms with Gasteiger partial charge in [0.25, 0.3) is 5.91 Å². The Hall–Kier alpha value is -3.07. The summed E-state index contributed by atoms with van der Waals surface area (Å²) in [7, 11) is 1.82. The molecule has 0 atom stereocenters. The van der Waals surface area contributed by atoms with Crippen LogP contribution in [0.1, 0.15) is 15.2 Å². The number of thiophene rings is 1. The molecule has 2 aromatic heterocycles. The number of carbonyl (C=O) groups is 1. The average molecular weight is 478 g/mol. The van der Waals surface area contributed by atoms with Gasteiger partial charge in [-0.1, -0.05) is 42.5 Å². The van der Waals surface area contributed by atoms with Crippen molar-refractivity contribution in [3.8, 4) is 11.3 Å². The number of amides is 1. The van der Waals surface area contributed by atoms with Crippen LogP contribution in [0.2, 0.25) is 0 Å². The lowest BCUT2D eigenvalue weighted by molar-refractivity contribution is 0.0938. The van der Waals surface area contributed by atoms with Crippen molar-refractivity contribution in [2.24, 2.45) is 7.05 Å². The summed E-state index contributed by atoms with van der Waals surface area (Å²) >= 11 is 1.39. The maximum Gasteiger partial charge on any atom is 0.261 e. The molecule has 3 heterocycles. The van der Waals surface area contributed by atoms with Gasteiger partial charge in [-0.05, 0) is 23.8 Å². The molecule has 0 bridgehead atoms. The van der Waals surface area contributed by atoms with Crippen molar-refractivity contribution >= 4 is 27.5 Å². The van der Waals surface area contributed by atoms with Gasteiger partial charge in [0.2, 0.25) is 0 Å². The Bertz CT molecular complexity index is 1280. The van der Waals surface area contributed by atoms with Crippen molar-refractivity contribution in [2.75, 3.05) is 39.3 Å². The molecular weight excluding hydrogens is 449 g/mol. The van der Waals surface area contributed by atoms with Crippen LogP contribution in [-0.4, -0.2) is 64.8 Å². The number of fused-ring (bicyclic) bond motifs is 1. The minimum atomic E-state index is -0.316. The third-order valence-electron chi connectivity index (χ3n) is 6.29. The summed E-state index contributed by atoms with van der Waals surface area (Å²) in [4.78, 5) is 19.2. The van der Waals surface area contributed by atoms with Gasteiger partial charge in [-0.3, -0.25) is 19.3 Å². The molecule has 176 valence electrons. The molecule has 1 aliphatic rings. The number of hydrogen-bond donors (Lipinski definition) is 1. The molecule has 1 N–H and O–H groups in total. The van der Waals surface area contributed by atoms with Gasteiger partial charge in [-0.15, -0.1) is 11.3 Å². The minimum Gasteiger partial charge on any atom is -0.350 e. The number of nitrogens with zero attached hydrogens (tertiary/aromatic N) is 4. The first-order valence-corrected chi connectivity index (χ1v) is 12.4. The van der Waals surface area contributed by atoms with Gasteiger partial charge in [0, 0.05) is 63.8 Å². The van der Waals surface area contributed by atoms with Crippen molar-refractivity contribution in [1.82, 2.24) is 24.9 Å². The van der Waals surface area contributed by atoms with Crippen LogP contribution in [0.15, 0.2) is 60.7 Å². The predicted octanol–water partition coefficient (Wildman–Crippen LogP) is 3.99. The molecule has 0 spiro atoms. The van der Waals surface area contributed by atoms with Crippen LogP contribution in [0, 0.1) is 5.82 Å². The molecule has 1 saturated heterocycles. The van der Waals surface area contributed by atoms with E-state index in [4.69, 9.17) is 0 Å². The van der Waals surface area contributed by atoms with Crippen LogP contribution in [0.4, 0.5) is 4.39 Å². The molecule has 1 fully saturated rings. The van der Waals surface area contributed by atoms with E-state index in [2.05, 4.69) is 44.5 Å². The normalized spacial score (nSPS) is 15.1. The maximum absolute atomic E-state index is 14.3.